The summed E-state index contributed by atoms with van der Waals surface area (Å²) < 4.78 is 5.21. The van der Waals surface area contributed by atoms with E-state index in [4.69, 9.17) is 4.42 Å². The third-order valence-electron chi connectivity index (χ3n) is 5.92. The molecule has 168 valence electrons. The average Bonchev–Trinajstić information content (AvgIpc) is 3.38. The van der Waals surface area contributed by atoms with Gasteiger partial charge < -0.3 is 20.0 Å². The van der Waals surface area contributed by atoms with E-state index >= 15 is 0 Å². The maximum atomic E-state index is 13.3. The average molecular weight is 437 g/mol. The molecular formula is C24H28N4O4. The van der Waals surface area contributed by atoms with Gasteiger partial charge in [0.25, 0.3) is 5.91 Å². The number of hydrogen-bond acceptors (Lipinski definition) is 4. The van der Waals surface area contributed by atoms with Crippen LogP contribution in [0.1, 0.15) is 43.7 Å². The molecule has 2 N–H and O–H groups in total. The predicted molar refractivity (Wildman–Crippen MR) is 118 cm³/mol. The minimum absolute atomic E-state index is 0.00196. The van der Waals surface area contributed by atoms with Gasteiger partial charge in [-0.05, 0) is 28.7 Å². The number of urea groups is 1. The van der Waals surface area contributed by atoms with Crippen LogP contribution in [0, 0.1) is 0 Å². The third kappa shape index (κ3) is 4.12. The highest BCUT2D eigenvalue weighted by Crippen LogP contribution is 2.36. The molecule has 8 nitrogen and oxygen atoms in total. The van der Waals surface area contributed by atoms with Crippen molar-refractivity contribution in [1.29, 1.82) is 0 Å². The molecule has 3 heterocycles. The molecule has 0 bridgehead atoms. The molecule has 0 unspecified atom stereocenters. The van der Waals surface area contributed by atoms with Crippen molar-refractivity contribution in [2.45, 2.75) is 38.8 Å². The van der Waals surface area contributed by atoms with Gasteiger partial charge >= 0.3 is 6.03 Å². The summed E-state index contributed by atoms with van der Waals surface area (Å²) in [7, 11) is 1.64. The smallest absolute Gasteiger partial charge is 0.322 e. The van der Waals surface area contributed by atoms with Gasteiger partial charge in [-0.2, -0.15) is 0 Å². The van der Waals surface area contributed by atoms with E-state index < -0.39 is 6.04 Å². The van der Waals surface area contributed by atoms with Crippen molar-refractivity contribution in [3.8, 4) is 0 Å². The Morgan fingerprint density at radius 1 is 1.19 bits per heavy atom. The van der Waals surface area contributed by atoms with Crippen LogP contribution >= 0.6 is 0 Å². The van der Waals surface area contributed by atoms with E-state index in [1.807, 2.05) is 24.3 Å². The summed E-state index contributed by atoms with van der Waals surface area (Å²) in [5.74, 6) is 0.101. The molecule has 2 aliphatic rings. The van der Waals surface area contributed by atoms with E-state index in [0.717, 1.165) is 5.56 Å². The summed E-state index contributed by atoms with van der Waals surface area (Å²) in [6.45, 7) is 6.77. The Kier molecular flexibility index (Phi) is 5.54. The maximum absolute atomic E-state index is 13.3. The van der Waals surface area contributed by atoms with E-state index in [2.05, 4.69) is 31.4 Å². The maximum Gasteiger partial charge on any atom is 0.322 e. The van der Waals surface area contributed by atoms with Crippen LogP contribution in [-0.4, -0.2) is 47.8 Å². The first-order valence-electron chi connectivity index (χ1n) is 10.6. The van der Waals surface area contributed by atoms with Crippen LogP contribution in [0.15, 0.2) is 58.3 Å². The van der Waals surface area contributed by atoms with Gasteiger partial charge in [-0.15, -0.1) is 0 Å². The Balaban J connectivity index is 1.52. The van der Waals surface area contributed by atoms with Crippen molar-refractivity contribution in [3.05, 3.63) is 70.8 Å². The first kappa shape index (κ1) is 21.7. The first-order valence-corrected chi connectivity index (χ1v) is 10.6. The molecule has 0 radical (unpaired) electrons. The SMILES string of the molecule is CN1C(=O)N[C@H](c2ccc(C(C)(C)C)cc2)C2=C1CN(CC(=O)NCc1ccco1)C2=O. The predicted octanol–water partition coefficient (Wildman–Crippen LogP) is 2.69. The van der Waals surface area contributed by atoms with Crippen molar-refractivity contribution >= 4 is 17.8 Å². The molecule has 0 saturated heterocycles. The largest absolute Gasteiger partial charge is 0.467 e. The van der Waals surface area contributed by atoms with E-state index in [1.54, 1.807) is 19.2 Å². The van der Waals surface area contributed by atoms with Crippen molar-refractivity contribution < 1.29 is 18.8 Å². The number of hydrogen-bond donors (Lipinski definition) is 2. The lowest BCUT2D eigenvalue weighted by atomic mass is 9.85. The standard InChI is InChI=1S/C24H28N4O4/c1-24(2,3)16-9-7-15(8-10-16)21-20-18(27(4)23(31)26-21)13-28(22(20)30)14-19(29)25-12-17-6-5-11-32-17/h5-11,21H,12-14H2,1-4H3,(H,25,29)(H,26,31)/t21-/m1/s1. The number of nitrogens with one attached hydrogen (secondary N) is 2. The summed E-state index contributed by atoms with van der Waals surface area (Å²) in [5.41, 5.74) is 3.14. The number of benzene rings is 1. The number of carbonyl (C=O) groups excluding carboxylic acids is 3. The highest BCUT2D eigenvalue weighted by molar-refractivity contribution is 6.02. The molecule has 32 heavy (non-hydrogen) atoms. The molecule has 8 heteroatoms. The second kappa shape index (κ2) is 8.18. The summed E-state index contributed by atoms with van der Waals surface area (Å²) >= 11 is 0. The van der Waals surface area contributed by atoms with E-state index in [9.17, 15) is 14.4 Å². The molecule has 1 aromatic heterocycles. The quantitative estimate of drug-likeness (QED) is 0.753. The van der Waals surface area contributed by atoms with Crippen molar-refractivity contribution in [1.82, 2.24) is 20.4 Å². The van der Waals surface area contributed by atoms with Crippen molar-refractivity contribution in [2.75, 3.05) is 20.1 Å². The van der Waals surface area contributed by atoms with Gasteiger partial charge in [-0.3, -0.25) is 14.5 Å². The van der Waals surface area contributed by atoms with E-state index in [0.29, 0.717) is 17.0 Å². The molecule has 1 aromatic carbocycles. The lowest BCUT2D eigenvalue weighted by Crippen LogP contribution is -2.45. The first-order chi connectivity index (χ1) is 15.1. The third-order valence-corrected chi connectivity index (χ3v) is 5.92. The second-order valence-corrected chi connectivity index (χ2v) is 9.19. The van der Waals surface area contributed by atoms with Crippen molar-refractivity contribution in [2.24, 2.45) is 0 Å². The van der Waals surface area contributed by atoms with Gasteiger partial charge in [0, 0.05) is 7.05 Å². The molecule has 0 aliphatic carbocycles. The van der Waals surface area contributed by atoms with Gasteiger partial charge in [0.1, 0.15) is 12.3 Å². The monoisotopic (exact) mass is 436 g/mol. The zero-order valence-corrected chi connectivity index (χ0v) is 18.8. The Labute approximate surface area is 187 Å². The summed E-state index contributed by atoms with van der Waals surface area (Å²) in [5, 5.41) is 5.68. The van der Waals surface area contributed by atoms with Gasteiger partial charge in [-0.1, -0.05) is 45.0 Å². The van der Waals surface area contributed by atoms with Crippen LogP contribution < -0.4 is 10.6 Å². The van der Waals surface area contributed by atoms with Crippen LogP contribution in [0.2, 0.25) is 0 Å². The zero-order chi connectivity index (χ0) is 23.0. The molecule has 0 spiro atoms. The normalized spacial score (nSPS) is 18.7. The fourth-order valence-electron chi connectivity index (χ4n) is 4.00. The number of likely N-dealkylation sites (N-methyl/N-ethyl adjacent to an activating group) is 1. The Bertz CT molecular complexity index is 1060. The minimum Gasteiger partial charge on any atom is -0.467 e. The van der Waals surface area contributed by atoms with Crippen LogP contribution in [0.4, 0.5) is 4.79 Å². The number of rotatable bonds is 5. The molecule has 0 fully saturated rings. The minimum atomic E-state index is -0.550. The number of carbonyl (C=O) groups is 3. The van der Waals surface area contributed by atoms with E-state index in [1.165, 1.54) is 21.6 Å². The molecule has 4 amide bonds. The van der Waals surface area contributed by atoms with Crippen molar-refractivity contribution in [3.63, 3.8) is 0 Å². The summed E-state index contributed by atoms with van der Waals surface area (Å²) in [4.78, 5) is 41.2. The molecule has 2 aliphatic heterocycles. The number of furan rings is 1. The van der Waals surface area contributed by atoms with Crippen LogP contribution in [0.5, 0.6) is 0 Å². The summed E-state index contributed by atoms with van der Waals surface area (Å²) in [6.07, 6.45) is 1.54. The molecule has 4 rings (SSSR count). The molecule has 1 atom stereocenters. The topological polar surface area (TPSA) is 94.9 Å². The van der Waals surface area contributed by atoms with E-state index in [-0.39, 0.29) is 42.9 Å². The Morgan fingerprint density at radius 2 is 1.91 bits per heavy atom. The Morgan fingerprint density at radius 3 is 2.53 bits per heavy atom. The second-order valence-electron chi connectivity index (χ2n) is 9.19. The highest BCUT2D eigenvalue weighted by Gasteiger charge is 2.43. The lowest BCUT2D eigenvalue weighted by molar-refractivity contribution is -0.132. The van der Waals surface area contributed by atoms with Gasteiger partial charge in [-0.25, -0.2) is 4.79 Å². The fraction of sp³-hybridized carbons (Fsp3) is 0.375. The highest BCUT2D eigenvalue weighted by atomic mass is 16.3. The molecule has 0 saturated carbocycles. The lowest BCUT2D eigenvalue weighted by Gasteiger charge is -2.31. The number of amides is 4. The van der Waals surface area contributed by atoms with Gasteiger partial charge in [0.2, 0.25) is 5.91 Å². The van der Waals surface area contributed by atoms with Crippen LogP contribution in [-0.2, 0) is 21.5 Å². The molecule has 2 aromatic rings. The number of nitrogens with zero attached hydrogens (tertiary/aromatic N) is 2. The van der Waals surface area contributed by atoms with Crippen LogP contribution in [0.3, 0.4) is 0 Å². The molecular weight excluding hydrogens is 408 g/mol. The fourth-order valence-corrected chi connectivity index (χ4v) is 4.00. The van der Waals surface area contributed by atoms with Crippen LogP contribution in [0.25, 0.3) is 0 Å². The Hall–Kier alpha value is -3.55. The summed E-state index contributed by atoms with van der Waals surface area (Å²) in [6, 6.07) is 10.7. The van der Waals surface area contributed by atoms with Gasteiger partial charge in [0.05, 0.1) is 36.7 Å². The zero-order valence-electron chi connectivity index (χ0n) is 18.8. The van der Waals surface area contributed by atoms with Gasteiger partial charge in [0.15, 0.2) is 0 Å².